The molecule has 1 unspecified atom stereocenters. The van der Waals surface area contributed by atoms with E-state index in [4.69, 9.17) is 4.74 Å². The first-order valence-electron chi connectivity index (χ1n) is 7.57. The molecule has 0 amide bonds. The molecule has 0 bridgehead atoms. The van der Waals surface area contributed by atoms with Crippen molar-refractivity contribution in [2.24, 2.45) is 5.92 Å². The maximum atomic E-state index is 5.77. The van der Waals surface area contributed by atoms with Gasteiger partial charge in [0.25, 0.3) is 0 Å². The first-order valence-corrected chi connectivity index (χ1v) is 7.57. The third-order valence-electron chi connectivity index (χ3n) is 3.43. The van der Waals surface area contributed by atoms with Crippen LogP contribution in [0, 0.1) is 5.92 Å². The standard InChI is InChI=1S/C16H32O/c1-5-9-11-15(7-3)13-17-14-16(8-4)12-10-6-2/h13,16H,5-12,14H2,1-4H3/b15-13+. The van der Waals surface area contributed by atoms with Crippen molar-refractivity contribution in [2.75, 3.05) is 6.61 Å². The molecule has 102 valence electrons. The molecule has 0 aromatic carbocycles. The van der Waals surface area contributed by atoms with Gasteiger partial charge < -0.3 is 4.74 Å². The molecule has 0 aromatic rings. The van der Waals surface area contributed by atoms with E-state index in [1.165, 1.54) is 50.5 Å². The van der Waals surface area contributed by atoms with Gasteiger partial charge in [0.05, 0.1) is 12.9 Å². The van der Waals surface area contributed by atoms with Gasteiger partial charge in [0.2, 0.25) is 0 Å². The molecule has 0 spiro atoms. The van der Waals surface area contributed by atoms with Gasteiger partial charge in [-0.25, -0.2) is 0 Å². The van der Waals surface area contributed by atoms with Crippen LogP contribution in [0.1, 0.15) is 79.1 Å². The first-order chi connectivity index (χ1) is 8.28. The largest absolute Gasteiger partial charge is 0.501 e. The van der Waals surface area contributed by atoms with Gasteiger partial charge in [-0.15, -0.1) is 0 Å². The maximum Gasteiger partial charge on any atom is 0.0901 e. The highest BCUT2D eigenvalue weighted by Crippen LogP contribution is 2.15. The van der Waals surface area contributed by atoms with Crippen LogP contribution >= 0.6 is 0 Å². The van der Waals surface area contributed by atoms with E-state index < -0.39 is 0 Å². The van der Waals surface area contributed by atoms with Crippen molar-refractivity contribution in [1.29, 1.82) is 0 Å². The summed E-state index contributed by atoms with van der Waals surface area (Å²) in [7, 11) is 0. The first kappa shape index (κ1) is 16.5. The van der Waals surface area contributed by atoms with Crippen LogP contribution < -0.4 is 0 Å². The van der Waals surface area contributed by atoms with Crippen LogP contribution in [0.25, 0.3) is 0 Å². The Morgan fingerprint density at radius 1 is 1.06 bits per heavy atom. The lowest BCUT2D eigenvalue weighted by molar-refractivity contribution is 0.180. The molecule has 1 nitrogen and oxygen atoms in total. The van der Waals surface area contributed by atoms with Crippen molar-refractivity contribution in [3.8, 4) is 0 Å². The van der Waals surface area contributed by atoms with Gasteiger partial charge in [-0.3, -0.25) is 0 Å². The Kier molecular flexibility index (Phi) is 11.7. The molecule has 0 fully saturated rings. The van der Waals surface area contributed by atoms with Gasteiger partial charge in [0, 0.05) is 0 Å². The Hall–Kier alpha value is -0.460. The summed E-state index contributed by atoms with van der Waals surface area (Å²) in [5, 5.41) is 0. The zero-order chi connectivity index (χ0) is 12.9. The summed E-state index contributed by atoms with van der Waals surface area (Å²) in [6.45, 7) is 9.90. The summed E-state index contributed by atoms with van der Waals surface area (Å²) in [5.41, 5.74) is 1.47. The lowest BCUT2D eigenvalue weighted by Crippen LogP contribution is -2.06. The third-order valence-corrected chi connectivity index (χ3v) is 3.43. The second-order valence-electron chi connectivity index (χ2n) is 4.98. The molecule has 0 heterocycles. The van der Waals surface area contributed by atoms with Gasteiger partial charge in [0.1, 0.15) is 0 Å². The zero-order valence-electron chi connectivity index (χ0n) is 12.4. The summed E-state index contributed by atoms with van der Waals surface area (Å²) in [6, 6.07) is 0. The van der Waals surface area contributed by atoms with Gasteiger partial charge in [-0.2, -0.15) is 0 Å². The number of hydrogen-bond donors (Lipinski definition) is 0. The highest BCUT2D eigenvalue weighted by molar-refractivity contribution is 4.96. The van der Waals surface area contributed by atoms with Crippen LogP contribution in [-0.2, 0) is 4.74 Å². The molecule has 1 heteroatoms. The second kappa shape index (κ2) is 12.0. The van der Waals surface area contributed by atoms with Crippen molar-refractivity contribution in [1.82, 2.24) is 0 Å². The molecule has 0 rings (SSSR count). The fourth-order valence-corrected chi connectivity index (χ4v) is 1.92. The number of allylic oxidation sites excluding steroid dienone is 1. The van der Waals surface area contributed by atoms with Gasteiger partial charge in [-0.05, 0) is 37.2 Å². The molecular weight excluding hydrogens is 208 g/mol. The molecule has 0 aliphatic carbocycles. The lowest BCUT2D eigenvalue weighted by atomic mass is 10.0. The quantitative estimate of drug-likeness (QED) is 0.421. The van der Waals surface area contributed by atoms with Crippen LogP contribution in [0.2, 0.25) is 0 Å². The number of ether oxygens (including phenoxy) is 1. The fraction of sp³-hybridized carbons (Fsp3) is 0.875. The average Bonchev–Trinajstić information content (AvgIpc) is 2.37. The van der Waals surface area contributed by atoms with Crippen LogP contribution in [0.5, 0.6) is 0 Å². The third kappa shape index (κ3) is 9.26. The smallest absolute Gasteiger partial charge is 0.0901 e. The predicted octanol–water partition coefficient (Wildman–Crippen LogP) is 5.70. The number of rotatable bonds is 11. The van der Waals surface area contributed by atoms with Gasteiger partial charge >= 0.3 is 0 Å². The van der Waals surface area contributed by atoms with E-state index in [2.05, 4.69) is 27.7 Å². The highest BCUT2D eigenvalue weighted by Gasteiger charge is 2.05. The Labute approximate surface area is 109 Å². The van der Waals surface area contributed by atoms with E-state index in [0.29, 0.717) is 0 Å². The van der Waals surface area contributed by atoms with E-state index >= 15 is 0 Å². The Balaban J connectivity index is 3.84. The minimum absolute atomic E-state index is 0.746. The Bertz CT molecular complexity index is 184. The van der Waals surface area contributed by atoms with Crippen LogP contribution in [0.15, 0.2) is 11.8 Å². The van der Waals surface area contributed by atoms with Crippen molar-refractivity contribution in [2.45, 2.75) is 79.1 Å². The molecule has 1 atom stereocenters. The molecule has 0 aromatic heterocycles. The molecule has 0 N–H and O–H groups in total. The van der Waals surface area contributed by atoms with E-state index in [1.807, 2.05) is 6.26 Å². The van der Waals surface area contributed by atoms with Crippen molar-refractivity contribution >= 4 is 0 Å². The van der Waals surface area contributed by atoms with Crippen LogP contribution in [0.3, 0.4) is 0 Å². The topological polar surface area (TPSA) is 9.23 Å². The fourth-order valence-electron chi connectivity index (χ4n) is 1.92. The maximum absolute atomic E-state index is 5.77. The summed E-state index contributed by atoms with van der Waals surface area (Å²) in [5.74, 6) is 0.746. The van der Waals surface area contributed by atoms with Crippen LogP contribution in [-0.4, -0.2) is 6.61 Å². The Morgan fingerprint density at radius 2 is 1.76 bits per heavy atom. The monoisotopic (exact) mass is 240 g/mol. The van der Waals surface area contributed by atoms with E-state index in [0.717, 1.165) is 18.9 Å². The zero-order valence-corrected chi connectivity index (χ0v) is 12.4. The average molecular weight is 240 g/mol. The summed E-state index contributed by atoms with van der Waals surface area (Å²) >= 11 is 0. The highest BCUT2D eigenvalue weighted by atomic mass is 16.5. The minimum Gasteiger partial charge on any atom is -0.501 e. The molecule has 0 radical (unpaired) electrons. The Morgan fingerprint density at radius 3 is 2.29 bits per heavy atom. The van der Waals surface area contributed by atoms with E-state index in [1.54, 1.807) is 0 Å². The van der Waals surface area contributed by atoms with Crippen molar-refractivity contribution in [3.05, 3.63) is 11.8 Å². The van der Waals surface area contributed by atoms with Crippen LogP contribution in [0.4, 0.5) is 0 Å². The molecule has 0 saturated carbocycles. The number of hydrogen-bond acceptors (Lipinski definition) is 1. The minimum atomic E-state index is 0.746. The molecule has 0 saturated heterocycles. The number of unbranched alkanes of at least 4 members (excludes halogenated alkanes) is 2. The summed E-state index contributed by atoms with van der Waals surface area (Å²) in [4.78, 5) is 0. The van der Waals surface area contributed by atoms with Crippen molar-refractivity contribution < 1.29 is 4.74 Å². The second-order valence-corrected chi connectivity index (χ2v) is 4.98. The van der Waals surface area contributed by atoms with Gasteiger partial charge in [0.15, 0.2) is 0 Å². The predicted molar refractivity (Wildman–Crippen MR) is 77.2 cm³/mol. The van der Waals surface area contributed by atoms with E-state index in [9.17, 15) is 0 Å². The summed E-state index contributed by atoms with van der Waals surface area (Å²) < 4.78 is 5.77. The lowest BCUT2D eigenvalue weighted by Gasteiger charge is -2.14. The van der Waals surface area contributed by atoms with Gasteiger partial charge in [-0.1, -0.05) is 53.4 Å². The normalized spacial score (nSPS) is 13.8. The van der Waals surface area contributed by atoms with Crippen molar-refractivity contribution in [3.63, 3.8) is 0 Å². The molecule has 17 heavy (non-hydrogen) atoms. The SMILES string of the molecule is CCCC/C(=C/OCC(CC)CCCC)CC. The molecule has 0 aliphatic heterocycles. The summed E-state index contributed by atoms with van der Waals surface area (Å²) in [6.07, 6.45) is 12.1. The van der Waals surface area contributed by atoms with E-state index in [-0.39, 0.29) is 0 Å². The molecule has 0 aliphatic rings. The molecular formula is C16H32O.